The number of amides is 1. The van der Waals surface area contributed by atoms with Crippen LogP contribution in [0.1, 0.15) is 53.9 Å². The number of nitrogens with zero attached hydrogens (tertiary/aromatic N) is 1. The third kappa shape index (κ3) is 7.68. The van der Waals surface area contributed by atoms with Crippen molar-refractivity contribution >= 4 is 12.1 Å². The molecule has 134 valence electrons. The van der Waals surface area contributed by atoms with Gasteiger partial charge in [-0.3, -0.25) is 9.69 Å². The van der Waals surface area contributed by atoms with E-state index in [-0.39, 0.29) is 18.1 Å². The maximum absolute atomic E-state index is 12.0. The number of methoxy groups -OCH3 is 1. The Labute approximate surface area is 139 Å². The summed E-state index contributed by atoms with van der Waals surface area (Å²) in [5.74, 6) is 0.188. The van der Waals surface area contributed by atoms with Crippen molar-refractivity contribution in [3.05, 3.63) is 0 Å². The monoisotopic (exact) mass is 328 g/mol. The number of nitrogens with one attached hydrogen (secondary N) is 1. The lowest BCUT2D eigenvalue weighted by Crippen LogP contribution is -2.53. The molecule has 6 nitrogen and oxygen atoms in total. The van der Waals surface area contributed by atoms with Crippen LogP contribution in [-0.4, -0.2) is 54.8 Å². The second-order valence-corrected chi connectivity index (χ2v) is 7.61. The Morgan fingerprint density at radius 2 is 1.91 bits per heavy atom. The first kappa shape index (κ1) is 19.7. The quantitative estimate of drug-likeness (QED) is 0.786. The molecule has 1 amide bonds. The van der Waals surface area contributed by atoms with Gasteiger partial charge >= 0.3 is 12.1 Å². The lowest BCUT2D eigenvalue weighted by molar-refractivity contribution is -0.141. The molecule has 1 heterocycles. The van der Waals surface area contributed by atoms with Crippen LogP contribution in [-0.2, 0) is 14.3 Å². The van der Waals surface area contributed by atoms with Gasteiger partial charge in [-0.15, -0.1) is 0 Å². The van der Waals surface area contributed by atoms with E-state index in [0.29, 0.717) is 18.4 Å². The van der Waals surface area contributed by atoms with Gasteiger partial charge in [0.25, 0.3) is 0 Å². The first-order valence-corrected chi connectivity index (χ1v) is 8.41. The van der Waals surface area contributed by atoms with Crippen LogP contribution in [0.4, 0.5) is 4.79 Å². The molecule has 1 aliphatic heterocycles. The van der Waals surface area contributed by atoms with Gasteiger partial charge in [-0.05, 0) is 53.4 Å². The minimum atomic E-state index is -0.499. The van der Waals surface area contributed by atoms with Crippen LogP contribution in [0, 0.1) is 5.92 Å². The van der Waals surface area contributed by atoms with E-state index in [9.17, 15) is 9.59 Å². The topological polar surface area (TPSA) is 67.9 Å². The number of rotatable bonds is 5. The summed E-state index contributed by atoms with van der Waals surface area (Å²) in [4.78, 5) is 25.7. The van der Waals surface area contributed by atoms with Crippen LogP contribution < -0.4 is 5.32 Å². The van der Waals surface area contributed by atoms with Crippen LogP contribution in [0.2, 0.25) is 0 Å². The van der Waals surface area contributed by atoms with Crippen molar-refractivity contribution in [1.82, 2.24) is 10.2 Å². The Kier molecular flexibility index (Phi) is 7.32. The molecular formula is C17H32N2O4. The van der Waals surface area contributed by atoms with E-state index in [2.05, 4.69) is 24.1 Å². The van der Waals surface area contributed by atoms with Crippen LogP contribution >= 0.6 is 0 Å². The summed E-state index contributed by atoms with van der Waals surface area (Å²) in [6, 6.07) is 0.447. The lowest BCUT2D eigenvalue weighted by atomic mass is 9.89. The molecular weight excluding hydrogens is 296 g/mol. The minimum absolute atomic E-state index is 0.0450. The maximum Gasteiger partial charge on any atom is 0.407 e. The molecule has 1 aliphatic rings. The van der Waals surface area contributed by atoms with Crippen molar-refractivity contribution < 1.29 is 19.1 Å². The van der Waals surface area contributed by atoms with Gasteiger partial charge in [-0.2, -0.15) is 0 Å². The first-order chi connectivity index (χ1) is 10.6. The summed E-state index contributed by atoms with van der Waals surface area (Å²) in [6.07, 6.45) is 1.69. The number of esters is 1. The molecule has 2 atom stereocenters. The molecule has 0 aromatic rings. The van der Waals surface area contributed by atoms with Gasteiger partial charge < -0.3 is 14.8 Å². The fourth-order valence-electron chi connectivity index (χ4n) is 2.87. The highest BCUT2D eigenvalue weighted by atomic mass is 16.6. The average molecular weight is 328 g/mol. The van der Waals surface area contributed by atoms with Gasteiger partial charge in [-0.25, -0.2) is 4.79 Å². The maximum atomic E-state index is 12.0. The van der Waals surface area contributed by atoms with E-state index < -0.39 is 5.60 Å². The van der Waals surface area contributed by atoms with Crippen molar-refractivity contribution in [2.75, 3.05) is 20.2 Å². The van der Waals surface area contributed by atoms with Crippen molar-refractivity contribution in [1.29, 1.82) is 0 Å². The summed E-state index contributed by atoms with van der Waals surface area (Å²) in [5.41, 5.74) is -0.499. The standard InChI is InChI=1S/C17H32N2O4/c1-12(2)19-10-13(7-8-15(20)22-6)9-14(11-19)18-16(21)23-17(3,4)5/h12-14H,7-11H2,1-6H3,(H,18,21). The van der Waals surface area contributed by atoms with Crippen molar-refractivity contribution in [3.8, 4) is 0 Å². The summed E-state index contributed by atoms with van der Waals surface area (Å²) >= 11 is 0. The fraction of sp³-hybridized carbons (Fsp3) is 0.882. The van der Waals surface area contributed by atoms with Gasteiger partial charge in [0.1, 0.15) is 5.60 Å². The van der Waals surface area contributed by atoms with E-state index in [4.69, 9.17) is 9.47 Å². The number of carbonyl (C=O) groups is 2. The molecule has 1 fully saturated rings. The first-order valence-electron chi connectivity index (χ1n) is 8.41. The third-order valence-corrected chi connectivity index (χ3v) is 4.00. The number of alkyl carbamates (subject to hydrolysis) is 1. The van der Waals surface area contributed by atoms with Gasteiger partial charge in [0.05, 0.1) is 7.11 Å². The van der Waals surface area contributed by atoms with Gasteiger partial charge in [0.15, 0.2) is 0 Å². The normalized spacial score (nSPS) is 22.7. The number of likely N-dealkylation sites (tertiary alicyclic amines) is 1. The molecule has 0 aromatic heterocycles. The molecule has 0 aromatic carbocycles. The predicted molar refractivity (Wildman–Crippen MR) is 89.2 cm³/mol. The van der Waals surface area contributed by atoms with Crippen molar-refractivity contribution in [3.63, 3.8) is 0 Å². The minimum Gasteiger partial charge on any atom is -0.469 e. The highest BCUT2D eigenvalue weighted by Crippen LogP contribution is 2.23. The molecule has 2 unspecified atom stereocenters. The second kappa shape index (κ2) is 8.52. The van der Waals surface area contributed by atoms with Crippen LogP contribution in [0.25, 0.3) is 0 Å². The van der Waals surface area contributed by atoms with Crippen LogP contribution in [0.15, 0.2) is 0 Å². The molecule has 23 heavy (non-hydrogen) atoms. The van der Waals surface area contributed by atoms with E-state index in [1.807, 2.05) is 20.8 Å². The Hall–Kier alpha value is -1.30. The number of hydrogen-bond acceptors (Lipinski definition) is 5. The SMILES string of the molecule is COC(=O)CCC1CC(NC(=O)OC(C)(C)C)CN(C(C)C)C1. The molecule has 1 N–H and O–H groups in total. The van der Waals surface area contributed by atoms with E-state index >= 15 is 0 Å². The average Bonchev–Trinajstić information content (AvgIpc) is 2.42. The van der Waals surface area contributed by atoms with E-state index in [0.717, 1.165) is 25.9 Å². The molecule has 1 saturated heterocycles. The molecule has 1 rings (SSSR count). The smallest absolute Gasteiger partial charge is 0.407 e. The second-order valence-electron chi connectivity index (χ2n) is 7.61. The van der Waals surface area contributed by atoms with Crippen molar-refractivity contribution in [2.24, 2.45) is 5.92 Å². The van der Waals surface area contributed by atoms with Crippen LogP contribution in [0.5, 0.6) is 0 Å². The summed E-state index contributed by atoms with van der Waals surface area (Å²) in [5, 5.41) is 2.97. The zero-order valence-corrected chi connectivity index (χ0v) is 15.3. The highest BCUT2D eigenvalue weighted by molar-refractivity contribution is 5.69. The Morgan fingerprint density at radius 1 is 1.26 bits per heavy atom. The largest absolute Gasteiger partial charge is 0.469 e. The van der Waals surface area contributed by atoms with Gasteiger partial charge in [-0.1, -0.05) is 0 Å². The number of carbonyl (C=O) groups excluding carboxylic acids is 2. The zero-order chi connectivity index (χ0) is 17.6. The molecule has 0 aliphatic carbocycles. The highest BCUT2D eigenvalue weighted by Gasteiger charge is 2.30. The third-order valence-electron chi connectivity index (χ3n) is 4.00. The summed E-state index contributed by atoms with van der Waals surface area (Å²) in [7, 11) is 1.41. The van der Waals surface area contributed by atoms with Crippen molar-refractivity contribution in [2.45, 2.75) is 71.6 Å². The lowest BCUT2D eigenvalue weighted by Gasteiger charge is -2.40. The van der Waals surface area contributed by atoms with Gasteiger partial charge in [0.2, 0.25) is 0 Å². The fourth-order valence-corrected chi connectivity index (χ4v) is 2.87. The Balaban J connectivity index is 2.60. The van der Waals surface area contributed by atoms with Crippen LogP contribution in [0.3, 0.4) is 0 Å². The predicted octanol–water partition coefficient (Wildman–Crippen LogP) is 2.56. The molecule has 0 radical (unpaired) electrons. The zero-order valence-electron chi connectivity index (χ0n) is 15.3. The summed E-state index contributed by atoms with van der Waals surface area (Å²) in [6.45, 7) is 11.6. The van der Waals surface area contributed by atoms with E-state index in [1.165, 1.54) is 7.11 Å². The molecule has 0 saturated carbocycles. The molecule has 6 heteroatoms. The summed E-state index contributed by atoms with van der Waals surface area (Å²) < 4.78 is 10.1. The number of hydrogen-bond donors (Lipinski definition) is 1. The molecule has 0 bridgehead atoms. The van der Waals surface area contributed by atoms with E-state index in [1.54, 1.807) is 0 Å². The Bertz CT molecular complexity index is 404. The molecule has 0 spiro atoms. The Morgan fingerprint density at radius 3 is 2.43 bits per heavy atom. The van der Waals surface area contributed by atoms with Gasteiger partial charge in [0, 0.05) is 31.6 Å². The number of piperidine rings is 1. The number of ether oxygens (including phenoxy) is 2.